The molecule has 0 spiro atoms. The summed E-state index contributed by atoms with van der Waals surface area (Å²) in [7, 11) is 0. The van der Waals surface area contributed by atoms with Crippen LogP contribution < -0.4 is 0 Å². The Morgan fingerprint density at radius 2 is 2.04 bits per heavy atom. The third kappa shape index (κ3) is 2.07. The lowest BCUT2D eigenvalue weighted by Gasteiger charge is -2.60. The number of allylic oxidation sites excluding steroid dienone is 1. The van der Waals surface area contributed by atoms with E-state index in [-0.39, 0.29) is 25.0 Å². The van der Waals surface area contributed by atoms with Gasteiger partial charge in [0.05, 0.1) is 7.45 Å². The number of ketones is 2. The van der Waals surface area contributed by atoms with E-state index < -0.39 is 52.4 Å². The van der Waals surface area contributed by atoms with E-state index in [4.69, 9.17) is 4.11 Å². The Labute approximate surface area is 155 Å². The van der Waals surface area contributed by atoms with Crippen molar-refractivity contribution in [2.75, 3.05) is 0 Å². The van der Waals surface area contributed by atoms with Gasteiger partial charge in [-0.3, -0.25) is 9.59 Å². The third-order valence-electron chi connectivity index (χ3n) is 7.72. The number of fused-ring (bicyclic) bond motifs is 5. The van der Waals surface area contributed by atoms with Crippen LogP contribution in [0.4, 0.5) is 0 Å². The molecular weight excluding hydrogens is 316 g/mol. The van der Waals surface area contributed by atoms with Crippen LogP contribution in [0.15, 0.2) is 11.6 Å². The predicted octanol–water partition coefficient (Wildman–Crippen LogP) is 2.81. The molecule has 0 saturated heterocycles. The van der Waals surface area contributed by atoms with Crippen molar-refractivity contribution in [1.82, 2.24) is 0 Å². The minimum absolute atomic E-state index is 0.0384. The van der Waals surface area contributed by atoms with Crippen LogP contribution in [-0.2, 0) is 9.59 Å². The van der Waals surface area contributed by atoms with Gasteiger partial charge in [0.2, 0.25) is 0 Å². The minimum Gasteiger partial charge on any atom is -0.393 e. The van der Waals surface area contributed by atoms with Gasteiger partial charge in [-0.05, 0) is 74.6 Å². The highest BCUT2D eigenvalue weighted by Crippen LogP contribution is 2.67. The lowest BCUT2D eigenvalue weighted by Crippen LogP contribution is -2.61. The molecule has 0 aromatic carbocycles. The molecule has 0 radical (unpaired) electrons. The summed E-state index contributed by atoms with van der Waals surface area (Å²) in [4.78, 5) is 24.5. The molecule has 4 rings (SSSR count). The first-order valence-corrected chi connectivity index (χ1v) is 9.32. The summed E-state index contributed by atoms with van der Waals surface area (Å²) in [5, 5.41) is 22.8. The van der Waals surface area contributed by atoms with Crippen molar-refractivity contribution in [3.05, 3.63) is 11.6 Å². The fourth-order valence-electron chi connectivity index (χ4n) is 6.19. The molecule has 4 aliphatic carbocycles. The highest BCUT2D eigenvalue weighted by Gasteiger charge is 2.67. The summed E-state index contributed by atoms with van der Waals surface area (Å²) in [6.45, 7) is 4.48. The van der Waals surface area contributed by atoms with Gasteiger partial charge in [0.15, 0.2) is 11.6 Å². The van der Waals surface area contributed by atoms with Crippen molar-refractivity contribution in [1.29, 1.82) is 0 Å². The van der Waals surface area contributed by atoms with Gasteiger partial charge in [-0.25, -0.2) is 0 Å². The van der Waals surface area contributed by atoms with E-state index in [0.717, 1.165) is 0 Å². The Balaban J connectivity index is 1.99. The van der Waals surface area contributed by atoms with Crippen LogP contribution in [0, 0.1) is 28.6 Å². The molecule has 4 aliphatic rings. The molecule has 7 atom stereocenters. The average molecular weight is 350 g/mol. The molecule has 0 bridgehead atoms. The van der Waals surface area contributed by atoms with Crippen LogP contribution in [-0.4, -0.2) is 33.5 Å². The topological polar surface area (TPSA) is 74.6 Å². The maximum atomic E-state index is 12.4. The van der Waals surface area contributed by atoms with E-state index in [1.165, 1.54) is 19.9 Å². The van der Waals surface area contributed by atoms with E-state index >= 15 is 0 Å². The van der Waals surface area contributed by atoms with Crippen molar-refractivity contribution >= 4 is 11.6 Å². The molecule has 0 aliphatic heterocycles. The van der Waals surface area contributed by atoms with Crippen LogP contribution in [0.5, 0.6) is 0 Å². The van der Waals surface area contributed by atoms with Gasteiger partial charge >= 0.3 is 0 Å². The molecule has 4 heteroatoms. The van der Waals surface area contributed by atoms with Gasteiger partial charge in [0.1, 0.15) is 5.60 Å². The number of hydrogen-bond donors (Lipinski definition) is 2. The molecule has 25 heavy (non-hydrogen) atoms. The second-order valence-electron chi connectivity index (χ2n) is 8.76. The van der Waals surface area contributed by atoms with E-state index in [2.05, 4.69) is 0 Å². The maximum Gasteiger partial charge on any atom is 0.161 e. The quantitative estimate of drug-likeness (QED) is 0.762. The standard InChI is InChI=1S/C21H30O4/c1-12(22)21(25)9-7-16-15-5-4-13-10-14(23)6-8-19(13,2)18(15)17(24)11-20(16,21)3/h10,15-18,24-25H,4-9,11H2,1-3H3/t15-,16-,17-,18+,19-,20-,21-/m0/s1/i11D2,17D,18D. The second kappa shape index (κ2) is 5.26. The summed E-state index contributed by atoms with van der Waals surface area (Å²) in [6, 6.07) is 0. The average Bonchev–Trinajstić information content (AvgIpc) is 2.90. The molecule has 3 saturated carbocycles. The molecular formula is C21H30O4. The second-order valence-corrected chi connectivity index (χ2v) is 8.76. The van der Waals surface area contributed by atoms with Crippen LogP contribution >= 0.6 is 0 Å². The highest BCUT2D eigenvalue weighted by atomic mass is 16.3. The molecule has 0 unspecified atom stereocenters. The van der Waals surface area contributed by atoms with Crippen LogP contribution in [0.3, 0.4) is 0 Å². The van der Waals surface area contributed by atoms with Gasteiger partial charge in [0.25, 0.3) is 0 Å². The smallest absolute Gasteiger partial charge is 0.161 e. The van der Waals surface area contributed by atoms with Crippen molar-refractivity contribution in [3.63, 3.8) is 0 Å². The number of carbonyl (C=O) groups excluding carboxylic acids is 2. The van der Waals surface area contributed by atoms with Gasteiger partial charge in [-0.2, -0.15) is 0 Å². The molecule has 4 nitrogen and oxygen atoms in total. The van der Waals surface area contributed by atoms with E-state index in [1.54, 1.807) is 6.92 Å². The Bertz CT molecular complexity index is 839. The fourth-order valence-corrected chi connectivity index (χ4v) is 6.19. The van der Waals surface area contributed by atoms with E-state index in [0.29, 0.717) is 24.8 Å². The summed E-state index contributed by atoms with van der Waals surface area (Å²) in [6.07, 6.45) is -2.20. The van der Waals surface area contributed by atoms with E-state index in [9.17, 15) is 21.2 Å². The third-order valence-corrected chi connectivity index (χ3v) is 7.72. The molecule has 138 valence electrons. The number of carbonyl (C=O) groups is 2. The first kappa shape index (κ1) is 13.2. The molecule has 0 aromatic rings. The van der Waals surface area contributed by atoms with Crippen molar-refractivity contribution in [3.8, 4) is 0 Å². The number of hydrogen-bond acceptors (Lipinski definition) is 4. The first-order chi connectivity index (χ1) is 13.1. The largest absolute Gasteiger partial charge is 0.393 e. The van der Waals surface area contributed by atoms with E-state index in [1.807, 2.05) is 0 Å². The lowest BCUT2D eigenvalue weighted by atomic mass is 9.45. The lowest BCUT2D eigenvalue weighted by molar-refractivity contribution is -0.179. The van der Waals surface area contributed by atoms with Gasteiger partial charge in [-0.1, -0.05) is 19.4 Å². The van der Waals surface area contributed by atoms with Crippen molar-refractivity contribution in [2.24, 2.45) is 28.6 Å². The SMILES string of the molecule is [2H]C1([2H])[C@]([2H])(O)[C@@]2([2H])[C@@H](CCC3=CC(=O)CC[C@@]32C)[C@@H]2CC[C@](O)(C(C)=O)[C@]21C. The van der Waals surface area contributed by atoms with Gasteiger partial charge in [-0.15, -0.1) is 0 Å². The highest BCUT2D eigenvalue weighted by molar-refractivity contribution is 5.91. The number of rotatable bonds is 1. The van der Waals surface area contributed by atoms with Crippen molar-refractivity contribution < 1.29 is 25.3 Å². The monoisotopic (exact) mass is 350 g/mol. The summed E-state index contributed by atoms with van der Waals surface area (Å²) < 4.78 is 36.2. The molecule has 0 amide bonds. The van der Waals surface area contributed by atoms with Crippen LogP contribution in [0.1, 0.15) is 71.2 Å². The Kier molecular flexibility index (Phi) is 2.78. The van der Waals surface area contributed by atoms with Gasteiger partial charge in [0, 0.05) is 15.9 Å². The normalized spacial score (nSPS) is 62.3. The summed E-state index contributed by atoms with van der Waals surface area (Å²) in [5.41, 5.74) is -3.98. The maximum absolute atomic E-state index is 12.4. The van der Waals surface area contributed by atoms with Crippen LogP contribution in [0.25, 0.3) is 0 Å². The fraction of sp³-hybridized carbons (Fsp3) is 0.810. The zero-order chi connectivity index (χ0) is 21.8. The Morgan fingerprint density at radius 3 is 2.72 bits per heavy atom. The molecule has 3 fully saturated rings. The molecule has 0 aromatic heterocycles. The Morgan fingerprint density at radius 1 is 1.32 bits per heavy atom. The van der Waals surface area contributed by atoms with Crippen molar-refractivity contribution in [2.45, 2.75) is 77.4 Å². The predicted molar refractivity (Wildman–Crippen MR) is 93.7 cm³/mol. The summed E-state index contributed by atoms with van der Waals surface area (Å²) in [5.74, 6) is -3.59. The zero-order valence-corrected chi connectivity index (χ0v) is 15.2. The number of Topliss-reactive ketones (excluding diaryl/α,β-unsaturated/α-hetero) is 1. The summed E-state index contributed by atoms with van der Waals surface area (Å²) >= 11 is 0. The molecule has 2 N–H and O–H groups in total. The first-order valence-electron chi connectivity index (χ1n) is 11.3. The van der Waals surface area contributed by atoms with Gasteiger partial charge < -0.3 is 10.2 Å². The Hall–Kier alpha value is -1.00. The zero-order valence-electron chi connectivity index (χ0n) is 19.2. The number of aliphatic hydroxyl groups is 2. The minimum atomic E-state index is -2.88. The molecule has 0 heterocycles. The van der Waals surface area contributed by atoms with Crippen LogP contribution in [0.2, 0.25) is 0 Å².